The van der Waals surface area contributed by atoms with Crippen LogP contribution < -0.4 is 15.8 Å². The number of benzene rings is 2. The highest BCUT2D eigenvalue weighted by atomic mass is 32.1. The highest BCUT2D eigenvalue weighted by Gasteiger charge is 2.15. The minimum absolute atomic E-state index is 0.276. The van der Waals surface area contributed by atoms with Crippen LogP contribution in [-0.4, -0.2) is 28.6 Å². The Bertz CT molecular complexity index is 912. The van der Waals surface area contributed by atoms with Crippen molar-refractivity contribution in [3.63, 3.8) is 0 Å². The van der Waals surface area contributed by atoms with E-state index in [0.717, 1.165) is 10.6 Å². The summed E-state index contributed by atoms with van der Waals surface area (Å²) < 4.78 is 5.27. The van der Waals surface area contributed by atoms with Gasteiger partial charge in [0, 0.05) is 6.42 Å². The minimum Gasteiger partial charge on any atom is -0.483 e. The number of amides is 2. The third-order valence-corrected chi connectivity index (χ3v) is 4.23. The number of carbonyl (C=O) groups is 2. The SMILES string of the molecule is NC(=O)COc1ccccc1C(=O)Nc1nnc(Cc2ccccc2)s1. The molecule has 0 radical (unpaired) electrons. The Morgan fingerprint density at radius 3 is 2.54 bits per heavy atom. The summed E-state index contributed by atoms with van der Waals surface area (Å²) in [5.41, 5.74) is 6.48. The molecule has 1 heterocycles. The molecule has 0 unspecified atom stereocenters. The molecule has 2 amide bonds. The van der Waals surface area contributed by atoms with E-state index in [9.17, 15) is 9.59 Å². The summed E-state index contributed by atoms with van der Waals surface area (Å²) in [5, 5.41) is 12.0. The van der Waals surface area contributed by atoms with Crippen molar-refractivity contribution in [2.24, 2.45) is 5.73 Å². The second-order valence-corrected chi connectivity index (χ2v) is 6.43. The van der Waals surface area contributed by atoms with Crippen LogP contribution in [0.3, 0.4) is 0 Å². The first kappa shape index (κ1) is 17.6. The van der Waals surface area contributed by atoms with Crippen molar-refractivity contribution in [1.29, 1.82) is 0 Å². The van der Waals surface area contributed by atoms with Crippen LogP contribution in [-0.2, 0) is 11.2 Å². The molecule has 3 rings (SSSR count). The first-order chi connectivity index (χ1) is 12.6. The molecule has 0 aliphatic heterocycles. The number of hydrogen-bond acceptors (Lipinski definition) is 6. The predicted molar refractivity (Wildman–Crippen MR) is 98.2 cm³/mol. The van der Waals surface area contributed by atoms with Crippen molar-refractivity contribution >= 4 is 28.3 Å². The number of ether oxygens (including phenoxy) is 1. The van der Waals surface area contributed by atoms with Gasteiger partial charge in [-0.1, -0.05) is 53.8 Å². The largest absolute Gasteiger partial charge is 0.483 e. The molecule has 132 valence electrons. The van der Waals surface area contributed by atoms with E-state index in [1.807, 2.05) is 30.3 Å². The van der Waals surface area contributed by atoms with E-state index in [1.165, 1.54) is 11.3 Å². The van der Waals surface area contributed by atoms with E-state index in [-0.39, 0.29) is 17.9 Å². The first-order valence-electron chi connectivity index (χ1n) is 7.79. The summed E-state index contributed by atoms with van der Waals surface area (Å²) in [7, 11) is 0. The topological polar surface area (TPSA) is 107 Å². The van der Waals surface area contributed by atoms with Crippen molar-refractivity contribution in [1.82, 2.24) is 10.2 Å². The van der Waals surface area contributed by atoms with Crippen LogP contribution in [0.25, 0.3) is 0 Å². The van der Waals surface area contributed by atoms with Crippen molar-refractivity contribution in [2.45, 2.75) is 6.42 Å². The van der Waals surface area contributed by atoms with Crippen LogP contribution in [0.4, 0.5) is 5.13 Å². The van der Waals surface area contributed by atoms with E-state index in [0.29, 0.717) is 11.6 Å². The van der Waals surface area contributed by atoms with Crippen molar-refractivity contribution in [2.75, 3.05) is 11.9 Å². The zero-order valence-corrected chi connectivity index (χ0v) is 14.5. The fraction of sp³-hybridized carbons (Fsp3) is 0.111. The van der Waals surface area contributed by atoms with Crippen LogP contribution in [0.5, 0.6) is 5.75 Å². The molecule has 3 aromatic rings. The zero-order chi connectivity index (χ0) is 18.4. The number of carbonyl (C=O) groups excluding carboxylic acids is 2. The molecule has 0 spiro atoms. The molecule has 0 saturated carbocycles. The summed E-state index contributed by atoms with van der Waals surface area (Å²) in [6, 6.07) is 16.5. The van der Waals surface area contributed by atoms with Crippen LogP contribution in [0.2, 0.25) is 0 Å². The molecule has 0 saturated heterocycles. The summed E-state index contributed by atoms with van der Waals surface area (Å²) in [6.07, 6.45) is 0.646. The van der Waals surface area contributed by atoms with E-state index in [1.54, 1.807) is 24.3 Å². The number of nitrogens with two attached hydrogens (primary N) is 1. The number of nitrogens with one attached hydrogen (secondary N) is 1. The van der Waals surface area contributed by atoms with Crippen molar-refractivity contribution < 1.29 is 14.3 Å². The van der Waals surface area contributed by atoms with Crippen LogP contribution >= 0.6 is 11.3 Å². The first-order valence-corrected chi connectivity index (χ1v) is 8.61. The molecule has 0 bridgehead atoms. The number of para-hydroxylation sites is 1. The summed E-state index contributed by atoms with van der Waals surface area (Å²) in [4.78, 5) is 23.4. The Balaban J connectivity index is 1.68. The predicted octanol–water partition coefficient (Wildman–Crippen LogP) is 2.25. The third kappa shape index (κ3) is 4.64. The fourth-order valence-electron chi connectivity index (χ4n) is 2.24. The van der Waals surface area contributed by atoms with Gasteiger partial charge in [-0.25, -0.2) is 0 Å². The zero-order valence-electron chi connectivity index (χ0n) is 13.7. The van der Waals surface area contributed by atoms with Gasteiger partial charge in [-0.3, -0.25) is 14.9 Å². The number of rotatable bonds is 7. The van der Waals surface area contributed by atoms with Gasteiger partial charge in [-0.05, 0) is 17.7 Å². The lowest BCUT2D eigenvalue weighted by molar-refractivity contribution is -0.119. The molecular weight excluding hydrogens is 352 g/mol. The Hall–Kier alpha value is -3.26. The quantitative estimate of drug-likeness (QED) is 0.665. The highest BCUT2D eigenvalue weighted by molar-refractivity contribution is 7.15. The number of nitrogens with zero attached hydrogens (tertiary/aromatic N) is 2. The Morgan fingerprint density at radius 2 is 1.77 bits per heavy atom. The molecule has 3 N–H and O–H groups in total. The van der Waals surface area contributed by atoms with Crippen LogP contribution in [0, 0.1) is 0 Å². The van der Waals surface area contributed by atoms with Gasteiger partial charge < -0.3 is 10.5 Å². The Labute approximate surface area is 153 Å². The Morgan fingerprint density at radius 1 is 1.04 bits per heavy atom. The van der Waals surface area contributed by atoms with Gasteiger partial charge in [-0.15, -0.1) is 10.2 Å². The van der Waals surface area contributed by atoms with E-state index >= 15 is 0 Å². The highest BCUT2D eigenvalue weighted by Crippen LogP contribution is 2.22. The second kappa shape index (κ2) is 8.21. The maximum absolute atomic E-state index is 12.5. The lowest BCUT2D eigenvalue weighted by Crippen LogP contribution is -2.21. The van der Waals surface area contributed by atoms with Gasteiger partial charge >= 0.3 is 0 Å². The normalized spacial score (nSPS) is 10.3. The van der Waals surface area contributed by atoms with Crippen LogP contribution in [0.15, 0.2) is 54.6 Å². The summed E-state index contributed by atoms with van der Waals surface area (Å²) >= 11 is 1.31. The molecule has 26 heavy (non-hydrogen) atoms. The van der Waals surface area contributed by atoms with Crippen molar-refractivity contribution in [3.05, 3.63) is 70.7 Å². The lowest BCUT2D eigenvalue weighted by Gasteiger charge is -2.09. The molecule has 0 fully saturated rings. The molecule has 0 aliphatic carbocycles. The van der Waals surface area contributed by atoms with Crippen molar-refractivity contribution in [3.8, 4) is 5.75 Å². The molecule has 7 nitrogen and oxygen atoms in total. The third-order valence-electron chi connectivity index (χ3n) is 3.39. The van der Waals surface area contributed by atoms with E-state index in [2.05, 4.69) is 15.5 Å². The number of primary amides is 1. The molecule has 2 aromatic carbocycles. The average molecular weight is 368 g/mol. The minimum atomic E-state index is -0.616. The van der Waals surface area contributed by atoms with Crippen LogP contribution in [0.1, 0.15) is 20.9 Å². The number of anilines is 1. The standard InChI is InChI=1S/C18H16N4O3S/c19-15(23)11-25-14-9-5-4-8-13(14)17(24)20-18-22-21-16(26-18)10-12-6-2-1-3-7-12/h1-9H,10-11H2,(H2,19,23)(H,20,22,24). The fourth-order valence-corrected chi connectivity index (χ4v) is 3.01. The van der Waals surface area contributed by atoms with E-state index in [4.69, 9.17) is 10.5 Å². The monoisotopic (exact) mass is 368 g/mol. The van der Waals surface area contributed by atoms with E-state index < -0.39 is 11.8 Å². The molecular formula is C18H16N4O3S. The number of hydrogen-bond donors (Lipinski definition) is 2. The maximum Gasteiger partial charge on any atom is 0.261 e. The lowest BCUT2D eigenvalue weighted by atomic mass is 10.2. The van der Waals surface area contributed by atoms with Gasteiger partial charge in [0.1, 0.15) is 10.8 Å². The summed E-state index contributed by atoms with van der Waals surface area (Å²) in [5.74, 6) is -0.736. The second-order valence-electron chi connectivity index (χ2n) is 5.37. The smallest absolute Gasteiger partial charge is 0.261 e. The Kier molecular flexibility index (Phi) is 5.55. The average Bonchev–Trinajstić information content (AvgIpc) is 3.07. The van der Waals surface area contributed by atoms with Gasteiger partial charge in [0.25, 0.3) is 11.8 Å². The maximum atomic E-state index is 12.5. The molecule has 0 aliphatic rings. The summed E-state index contributed by atoms with van der Waals surface area (Å²) in [6.45, 7) is -0.301. The number of aromatic nitrogens is 2. The van der Waals surface area contributed by atoms with Gasteiger partial charge in [0.2, 0.25) is 5.13 Å². The van der Waals surface area contributed by atoms with Gasteiger partial charge in [-0.2, -0.15) is 0 Å². The molecule has 1 aromatic heterocycles. The molecule has 8 heteroatoms. The molecule has 0 atom stereocenters. The van der Waals surface area contributed by atoms with Gasteiger partial charge in [0.05, 0.1) is 5.56 Å². The van der Waals surface area contributed by atoms with Gasteiger partial charge in [0.15, 0.2) is 6.61 Å².